The lowest BCUT2D eigenvalue weighted by molar-refractivity contribution is -0.133. The molecule has 0 unspecified atom stereocenters. The summed E-state index contributed by atoms with van der Waals surface area (Å²) in [7, 11) is 0. The number of ether oxygens (including phenoxy) is 2. The van der Waals surface area contributed by atoms with Crippen LogP contribution in [0, 0.1) is 17.2 Å². The van der Waals surface area contributed by atoms with E-state index in [-0.39, 0.29) is 6.79 Å². The third-order valence-corrected chi connectivity index (χ3v) is 7.57. The number of nitriles is 1. The van der Waals surface area contributed by atoms with Gasteiger partial charge in [-0.25, -0.2) is 4.79 Å². The molecule has 1 fully saturated rings. The highest BCUT2D eigenvalue weighted by molar-refractivity contribution is 7.16. The lowest BCUT2D eigenvalue weighted by Crippen LogP contribution is -2.42. The lowest BCUT2D eigenvalue weighted by atomic mass is 9.89. The molecule has 0 radical (unpaired) electrons. The molecule has 2 N–H and O–H groups in total. The van der Waals surface area contributed by atoms with Gasteiger partial charge in [0.2, 0.25) is 12.7 Å². The quantitative estimate of drug-likeness (QED) is 0.669. The second-order valence-electron chi connectivity index (χ2n) is 8.73. The molecule has 2 atom stereocenters. The maximum atomic E-state index is 13.2. The summed E-state index contributed by atoms with van der Waals surface area (Å²) in [5.41, 5.74) is 0.674. The Hall–Kier alpha value is -3.58. The van der Waals surface area contributed by atoms with Crippen LogP contribution in [0.3, 0.4) is 0 Å². The summed E-state index contributed by atoms with van der Waals surface area (Å²) in [5, 5.41) is 15.5. The molecule has 9 nitrogen and oxygen atoms in total. The zero-order valence-corrected chi connectivity index (χ0v) is 19.0. The van der Waals surface area contributed by atoms with E-state index in [0.717, 1.165) is 34.6 Å². The smallest absolute Gasteiger partial charge is 0.325 e. The van der Waals surface area contributed by atoms with Crippen LogP contribution < -0.4 is 20.1 Å². The largest absolute Gasteiger partial charge is 0.454 e. The van der Waals surface area contributed by atoms with E-state index in [1.54, 1.807) is 25.1 Å². The van der Waals surface area contributed by atoms with Crippen molar-refractivity contribution in [1.29, 1.82) is 5.26 Å². The number of nitrogens with zero attached hydrogens (tertiary/aromatic N) is 2. The van der Waals surface area contributed by atoms with Crippen molar-refractivity contribution in [2.75, 3.05) is 18.7 Å². The molecule has 5 rings (SSSR count). The van der Waals surface area contributed by atoms with Gasteiger partial charge >= 0.3 is 6.03 Å². The molecule has 3 heterocycles. The summed E-state index contributed by atoms with van der Waals surface area (Å²) in [5.74, 6) is 0.521. The fraction of sp³-hybridized carbons (Fsp3) is 0.391. The van der Waals surface area contributed by atoms with Crippen molar-refractivity contribution in [2.45, 2.75) is 38.6 Å². The van der Waals surface area contributed by atoms with Gasteiger partial charge in [-0.1, -0.05) is 13.0 Å². The standard InChI is InChI=1S/C23H22N4O5S/c1-12-3-5-14-15(9-24)20(33-18(14)7-12)25-19(28)10-27-21(29)23(2,26-22(27)30)13-4-6-16-17(8-13)32-11-31-16/h4,6,8,12H,3,5,7,10-11H2,1-2H3,(H,25,28)(H,26,30)/t12-,23+/m0/s1. The van der Waals surface area contributed by atoms with Crippen LogP contribution in [0.2, 0.25) is 0 Å². The van der Waals surface area contributed by atoms with Gasteiger partial charge in [0, 0.05) is 4.88 Å². The molecule has 1 aliphatic carbocycles. The Morgan fingerprint density at radius 3 is 2.94 bits per heavy atom. The van der Waals surface area contributed by atoms with E-state index in [1.165, 1.54) is 11.3 Å². The van der Waals surface area contributed by atoms with Crippen LogP contribution in [-0.2, 0) is 28.0 Å². The first-order valence-electron chi connectivity index (χ1n) is 10.7. The minimum absolute atomic E-state index is 0.0951. The summed E-state index contributed by atoms with van der Waals surface area (Å²) in [6.07, 6.45) is 2.70. The van der Waals surface area contributed by atoms with Crippen molar-refractivity contribution in [3.05, 3.63) is 39.8 Å². The SMILES string of the molecule is C[C@H]1CCc2c(sc(NC(=O)CN3C(=O)N[C@](C)(c4ccc5c(c4)OCO5)C3=O)c2C#N)C1. The number of imide groups is 1. The van der Waals surface area contributed by atoms with E-state index < -0.39 is 29.9 Å². The predicted molar refractivity (Wildman–Crippen MR) is 119 cm³/mol. The molecule has 1 saturated heterocycles. The van der Waals surface area contributed by atoms with Gasteiger partial charge in [-0.3, -0.25) is 14.5 Å². The van der Waals surface area contributed by atoms with Gasteiger partial charge < -0.3 is 20.1 Å². The first-order chi connectivity index (χ1) is 15.8. The van der Waals surface area contributed by atoms with Gasteiger partial charge in [0.05, 0.1) is 5.56 Å². The topological polar surface area (TPSA) is 121 Å². The summed E-state index contributed by atoms with van der Waals surface area (Å²) >= 11 is 1.40. The van der Waals surface area contributed by atoms with E-state index in [2.05, 4.69) is 23.6 Å². The molecule has 170 valence electrons. The van der Waals surface area contributed by atoms with E-state index in [1.807, 2.05) is 0 Å². The Labute approximate surface area is 194 Å². The van der Waals surface area contributed by atoms with Crippen LogP contribution >= 0.6 is 11.3 Å². The number of carbonyl (C=O) groups is 3. The number of anilines is 1. The number of amides is 4. The van der Waals surface area contributed by atoms with Crippen LogP contribution in [0.25, 0.3) is 0 Å². The van der Waals surface area contributed by atoms with Crippen LogP contribution in [0.4, 0.5) is 9.80 Å². The second-order valence-corrected chi connectivity index (χ2v) is 9.84. The van der Waals surface area contributed by atoms with Gasteiger partial charge in [-0.15, -0.1) is 11.3 Å². The predicted octanol–water partition coefficient (Wildman–Crippen LogP) is 2.88. The molecule has 2 aliphatic heterocycles. The van der Waals surface area contributed by atoms with Gasteiger partial charge in [-0.05, 0) is 55.4 Å². The first-order valence-corrected chi connectivity index (χ1v) is 11.5. The molecular formula is C23H22N4O5S. The minimum atomic E-state index is -1.34. The van der Waals surface area contributed by atoms with Crippen molar-refractivity contribution < 1.29 is 23.9 Å². The van der Waals surface area contributed by atoms with E-state index in [0.29, 0.717) is 33.5 Å². The van der Waals surface area contributed by atoms with Gasteiger partial charge in [0.15, 0.2) is 11.5 Å². The highest BCUT2D eigenvalue weighted by Gasteiger charge is 2.50. The number of carbonyl (C=O) groups excluding carboxylic acids is 3. The Bertz CT molecular complexity index is 1230. The van der Waals surface area contributed by atoms with E-state index in [4.69, 9.17) is 9.47 Å². The van der Waals surface area contributed by atoms with E-state index >= 15 is 0 Å². The normalized spacial score (nSPS) is 23.2. The number of hydrogen-bond donors (Lipinski definition) is 2. The van der Waals surface area contributed by atoms with Crippen molar-refractivity contribution in [3.8, 4) is 17.6 Å². The molecule has 4 amide bonds. The molecule has 2 aromatic rings. The monoisotopic (exact) mass is 466 g/mol. The van der Waals surface area contributed by atoms with Crippen LogP contribution in [-0.4, -0.2) is 36.1 Å². The Morgan fingerprint density at radius 2 is 2.15 bits per heavy atom. The number of benzene rings is 1. The Kier molecular flexibility index (Phi) is 5.01. The Balaban J connectivity index is 1.33. The first kappa shape index (κ1) is 21.3. The van der Waals surface area contributed by atoms with E-state index in [9.17, 15) is 19.6 Å². The van der Waals surface area contributed by atoms with Crippen molar-refractivity contribution in [3.63, 3.8) is 0 Å². The average Bonchev–Trinajstić information content (AvgIpc) is 3.44. The van der Waals surface area contributed by atoms with Gasteiger partial charge in [0.25, 0.3) is 5.91 Å². The third-order valence-electron chi connectivity index (χ3n) is 6.40. The second kappa shape index (κ2) is 7.78. The van der Waals surface area contributed by atoms with Crippen LogP contribution in [0.15, 0.2) is 18.2 Å². The van der Waals surface area contributed by atoms with Crippen LogP contribution in [0.5, 0.6) is 11.5 Å². The fourth-order valence-corrected chi connectivity index (χ4v) is 5.89. The minimum Gasteiger partial charge on any atom is -0.454 e. The molecule has 0 bridgehead atoms. The van der Waals surface area contributed by atoms with Crippen molar-refractivity contribution in [2.24, 2.45) is 5.92 Å². The van der Waals surface area contributed by atoms with Gasteiger partial charge in [-0.2, -0.15) is 5.26 Å². The number of hydrogen-bond acceptors (Lipinski definition) is 7. The van der Waals surface area contributed by atoms with Crippen LogP contribution in [0.1, 0.15) is 41.8 Å². The average molecular weight is 467 g/mol. The van der Waals surface area contributed by atoms with Crippen molar-refractivity contribution in [1.82, 2.24) is 10.2 Å². The number of rotatable bonds is 4. The number of fused-ring (bicyclic) bond motifs is 2. The summed E-state index contributed by atoms with van der Waals surface area (Å²) < 4.78 is 10.7. The maximum Gasteiger partial charge on any atom is 0.325 e. The molecule has 3 aliphatic rings. The Morgan fingerprint density at radius 1 is 1.36 bits per heavy atom. The fourth-order valence-electron chi connectivity index (χ4n) is 4.51. The summed E-state index contributed by atoms with van der Waals surface area (Å²) in [6.45, 7) is 3.40. The third kappa shape index (κ3) is 3.49. The molecule has 0 saturated carbocycles. The van der Waals surface area contributed by atoms with Gasteiger partial charge in [0.1, 0.15) is 23.2 Å². The number of nitrogens with one attached hydrogen (secondary N) is 2. The zero-order valence-electron chi connectivity index (χ0n) is 18.2. The molecule has 1 aromatic heterocycles. The zero-order chi connectivity index (χ0) is 23.3. The summed E-state index contributed by atoms with van der Waals surface area (Å²) in [6, 6.07) is 6.57. The summed E-state index contributed by atoms with van der Waals surface area (Å²) in [4.78, 5) is 40.6. The van der Waals surface area contributed by atoms with Crippen molar-refractivity contribution >= 4 is 34.2 Å². The number of urea groups is 1. The molecule has 0 spiro atoms. The highest BCUT2D eigenvalue weighted by Crippen LogP contribution is 2.40. The molecular weight excluding hydrogens is 444 g/mol. The molecule has 1 aromatic carbocycles. The molecule has 10 heteroatoms. The maximum absolute atomic E-state index is 13.2. The highest BCUT2D eigenvalue weighted by atomic mass is 32.1. The molecule has 33 heavy (non-hydrogen) atoms. The lowest BCUT2D eigenvalue weighted by Gasteiger charge is -2.22. The number of thiophene rings is 1.